The normalized spacial score (nSPS) is 16.8. The molecule has 5 nitrogen and oxygen atoms in total. The smallest absolute Gasteiger partial charge is 0.162 e. The van der Waals surface area contributed by atoms with E-state index in [1.165, 1.54) is 22.4 Å². The van der Waals surface area contributed by atoms with Gasteiger partial charge in [0, 0.05) is 18.7 Å². The van der Waals surface area contributed by atoms with E-state index >= 15 is 0 Å². The molecule has 0 spiro atoms. The van der Waals surface area contributed by atoms with E-state index in [9.17, 15) is 0 Å². The molecule has 3 heterocycles. The summed E-state index contributed by atoms with van der Waals surface area (Å²) >= 11 is 0. The Morgan fingerprint density at radius 2 is 2.00 bits per heavy atom. The summed E-state index contributed by atoms with van der Waals surface area (Å²) in [6.45, 7) is 4.07. The molecule has 3 aromatic rings. The second-order valence-electron chi connectivity index (χ2n) is 7.45. The van der Waals surface area contributed by atoms with Crippen LogP contribution >= 0.6 is 0 Å². The van der Waals surface area contributed by atoms with Crippen LogP contribution in [0.1, 0.15) is 42.5 Å². The fourth-order valence-corrected chi connectivity index (χ4v) is 4.29. The van der Waals surface area contributed by atoms with Gasteiger partial charge in [-0.05, 0) is 24.0 Å². The number of anilines is 4. The van der Waals surface area contributed by atoms with E-state index in [0.29, 0.717) is 0 Å². The van der Waals surface area contributed by atoms with Crippen molar-refractivity contribution in [2.45, 2.75) is 32.2 Å². The van der Waals surface area contributed by atoms with E-state index in [4.69, 9.17) is 4.98 Å². The number of unbranched alkanes of at least 4 members (excludes halogenated alkanes) is 1. The van der Waals surface area contributed by atoms with Crippen molar-refractivity contribution in [3.05, 3.63) is 71.5 Å². The van der Waals surface area contributed by atoms with Crippen molar-refractivity contribution in [2.75, 3.05) is 28.6 Å². The van der Waals surface area contributed by atoms with Crippen LogP contribution < -0.4 is 15.5 Å². The third-order valence-electron chi connectivity index (χ3n) is 5.66. The first-order valence-electron chi connectivity index (χ1n) is 10.2. The fraction of sp³-hybridized carbons (Fsp3) is 0.304. The summed E-state index contributed by atoms with van der Waals surface area (Å²) in [5.41, 5.74) is 6.25. The highest BCUT2D eigenvalue weighted by Gasteiger charge is 2.34. The highest BCUT2D eigenvalue weighted by molar-refractivity contribution is 5.87. The molecule has 2 N–H and O–H groups in total. The van der Waals surface area contributed by atoms with Crippen LogP contribution in [0.4, 0.5) is 23.0 Å². The lowest BCUT2D eigenvalue weighted by Crippen LogP contribution is -2.17. The standard InChI is InChI=1S/C23H25N5/c1-2-3-13-24-22-20-23(26-15-25-22)28-14-12-17-10-7-11-18(21(17)28)19(27-20)16-8-5-4-6-9-16/h4-11,15,19,27H,2-3,12-14H2,1H3,(H,24,25,26). The van der Waals surface area contributed by atoms with E-state index in [0.717, 1.165) is 49.7 Å². The second-order valence-corrected chi connectivity index (χ2v) is 7.45. The molecule has 0 saturated carbocycles. The first kappa shape index (κ1) is 17.0. The van der Waals surface area contributed by atoms with Crippen LogP contribution in [-0.4, -0.2) is 23.1 Å². The SMILES string of the molecule is CCCCNc1ncnc2c1NC(c1ccccc1)c1cccc3c1N2CC3. The Labute approximate surface area is 165 Å². The Morgan fingerprint density at radius 1 is 1.11 bits per heavy atom. The van der Waals surface area contributed by atoms with Crippen molar-refractivity contribution in [3.63, 3.8) is 0 Å². The van der Waals surface area contributed by atoms with Gasteiger partial charge in [-0.15, -0.1) is 0 Å². The van der Waals surface area contributed by atoms with E-state index in [1.54, 1.807) is 6.33 Å². The Hall–Kier alpha value is -3.08. The summed E-state index contributed by atoms with van der Waals surface area (Å²) < 4.78 is 0. The lowest BCUT2D eigenvalue weighted by atomic mass is 9.95. The summed E-state index contributed by atoms with van der Waals surface area (Å²) in [4.78, 5) is 11.6. The zero-order chi connectivity index (χ0) is 18.9. The van der Waals surface area contributed by atoms with Gasteiger partial charge in [-0.25, -0.2) is 9.97 Å². The molecule has 5 rings (SSSR count). The highest BCUT2D eigenvalue weighted by atomic mass is 15.3. The van der Waals surface area contributed by atoms with Crippen molar-refractivity contribution >= 4 is 23.0 Å². The number of aromatic nitrogens is 2. The maximum Gasteiger partial charge on any atom is 0.162 e. The number of benzene rings is 2. The average Bonchev–Trinajstić information content (AvgIpc) is 3.11. The van der Waals surface area contributed by atoms with Crippen LogP contribution in [0.15, 0.2) is 54.9 Å². The average molecular weight is 371 g/mol. The molecule has 0 saturated heterocycles. The van der Waals surface area contributed by atoms with E-state index < -0.39 is 0 Å². The summed E-state index contributed by atoms with van der Waals surface area (Å²) in [6, 6.07) is 17.4. The van der Waals surface area contributed by atoms with Gasteiger partial charge in [-0.1, -0.05) is 61.9 Å². The molecule has 142 valence electrons. The maximum absolute atomic E-state index is 4.69. The van der Waals surface area contributed by atoms with Gasteiger partial charge in [0.05, 0.1) is 11.7 Å². The predicted molar refractivity (Wildman–Crippen MR) is 114 cm³/mol. The zero-order valence-corrected chi connectivity index (χ0v) is 16.2. The number of nitrogens with one attached hydrogen (secondary N) is 2. The van der Waals surface area contributed by atoms with Crippen molar-refractivity contribution in [2.24, 2.45) is 0 Å². The topological polar surface area (TPSA) is 53.1 Å². The minimum absolute atomic E-state index is 0.0655. The van der Waals surface area contributed by atoms with Gasteiger partial charge < -0.3 is 15.5 Å². The van der Waals surface area contributed by atoms with Gasteiger partial charge in [-0.3, -0.25) is 0 Å². The molecule has 1 aromatic heterocycles. The molecular formula is C23H25N5. The fourth-order valence-electron chi connectivity index (χ4n) is 4.29. The summed E-state index contributed by atoms with van der Waals surface area (Å²) in [6.07, 6.45) is 5.00. The Kier molecular flexibility index (Phi) is 4.35. The first-order valence-corrected chi connectivity index (χ1v) is 10.2. The van der Waals surface area contributed by atoms with Crippen LogP contribution in [0, 0.1) is 0 Å². The Bertz CT molecular complexity index is 986. The van der Waals surface area contributed by atoms with Gasteiger partial charge in [0.1, 0.15) is 12.0 Å². The predicted octanol–water partition coefficient (Wildman–Crippen LogP) is 4.90. The van der Waals surface area contributed by atoms with Crippen molar-refractivity contribution in [3.8, 4) is 0 Å². The Morgan fingerprint density at radius 3 is 2.86 bits per heavy atom. The van der Waals surface area contributed by atoms with Crippen LogP contribution in [0.3, 0.4) is 0 Å². The van der Waals surface area contributed by atoms with Crippen LogP contribution in [0.5, 0.6) is 0 Å². The second kappa shape index (κ2) is 7.15. The Balaban J connectivity index is 1.67. The molecule has 0 fully saturated rings. The number of hydrogen-bond acceptors (Lipinski definition) is 5. The molecule has 1 atom stereocenters. The number of hydrogen-bond donors (Lipinski definition) is 2. The van der Waals surface area contributed by atoms with Gasteiger partial charge in [0.25, 0.3) is 0 Å². The summed E-state index contributed by atoms with van der Waals surface area (Å²) in [5.74, 6) is 1.86. The van der Waals surface area contributed by atoms with Crippen LogP contribution in [0.25, 0.3) is 0 Å². The van der Waals surface area contributed by atoms with E-state index in [1.807, 2.05) is 0 Å². The molecule has 1 unspecified atom stereocenters. The minimum Gasteiger partial charge on any atom is -0.368 e. The number of rotatable bonds is 5. The van der Waals surface area contributed by atoms with Gasteiger partial charge in [0.15, 0.2) is 11.6 Å². The third-order valence-corrected chi connectivity index (χ3v) is 5.66. The van der Waals surface area contributed by atoms with Gasteiger partial charge in [-0.2, -0.15) is 0 Å². The van der Waals surface area contributed by atoms with Gasteiger partial charge in [0.2, 0.25) is 0 Å². The molecular weight excluding hydrogens is 346 g/mol. The summed E-state index contributed by atoms with van der Waals surface area (Å²) in [5, 5.41) is 7.31. The molecule has 0 radical (unpaired) electrons. The summed E-state index contributed by atoms with van der Waals surface area (Å²) in [7, 11) is 0. The molecule has 2 aliphatic rings. The minimum atomic E-state index is 0.0655. The quantitative estimate of drug-likeness (QED) is 0.625. The molecule has 0 bridgehead atoms. The number of para-hydroxylation sites is 1. The number of nitrogens with zero attached hydrogens (tertiary/aromatic N) is 3. The molecule has 0 aliphatic carbocycles. The van der Waals surface area contributed by atoms with Crippen molar-refractivity contribution < 1.29 is 0 Å². The lowest BCUT2D eigenvalue weighted by Gasteiger charge is -2.21. The van der Waals surface area contributed by atoms with Crippen LogP contribution in [-0.2, 0) is 6.42 Å². The van der Waals surface area contributed by atoms with Gasteiger partial charge >= 0.3 is 0 Å². The van der Waals surface area contributed by atoms with Crippen LogP contribution in [0.2, 0.25) is 0 Å². The highest BCUT2D eigenvalue weighted by Crippen LogP contribution is 2.48. The third kappa shape index (κ3) is 2.78. The van der Waals surface area contributed by atoms with Crippen molar-refractivity contribution in [1.82, 2.24) is 9.97 Å². The first-order chi connectivity index (χ1) is 13.9. The molecule has 28 heavy (non-hydrogen) atoms. The van der Waals surface area contributed by atoms with Crippen molar-refractivity contribution in [1.29, 1.82) is 0 Å². The largest absolute Gasteiger partial charge is 0.368 e. The molecule has 0 amide bonds. The molecule has 2 aliphatic heterocycles. The molecule has 5 heteroatoms. The van der Waals surface area contributed by atoms with E-state index in [-0.39, 0.29) is 6.04 Å². The molecule has 2 aromatic carbocycles. The maximum atomic E-state index is 4.69. The lowest BCUT2D eigenvalue weighted by molar-refractivity contribution is 0.829. The monoisotopic (exact) mass is 371 g/mol. The zero-order valence-electron chi connectivity index (χ0n) is 16.2. The number of fused-ring (bicyclic) bond motifs is 2. The van der Waals surface area contributed by atoms with E-state index in [2.05, 4.69) is 76.0 Å².